The van der Waals surface area contributed by atoms with Crippen LogP contribution in [-0.4, -0.2) is 0 Å². The molecule has 17 heavy (non-hydrogen) atoms. The van der Waals surface area contributed by atoms with Crippen LogP contribution in [0.2, 0.25) is 0 Å². The highest BCUT2D eigenvalue weighted by Crippen LogP contribution is 2.17. The van der Waals surface area contributed by atoms with Crippen molar-refractivity contribution in [3.63, 3.8) is 0 Å². The Kier molecular flexibility index (Phi) is 3.77. The monoisotopic (exact) mass is 222 g/mol. The Labute approximate surface area is 104 Å². The van der Waals surface area contributed by atoms with Gasteiger partial charge in [-0.15, -0.1) is 0 Å². The van der Waals surface area contributed by atoms with Crippen molar-refractivity contribution < 1.29 is 0 Å². The van der Waals surface area contributed by atoms with E-state index >= 15 is 0 Å². The molecule has 0 N–H and O–H groups in total. The Morgan fingerprint density at radius 2 is 1.41 bits per heavy atom. The fraction of sp³-hybridized carbons (Fsp3) is 0.176. The maximum absolute atomic E-state index is 2.25. The van der Waals surface area contributed by atoms with E-state index in [-0.39, 0.29) is 0 Å². The molecule has 0 aliphatic heterocycles. The standard InChI is InChI=1S/C17H18/c1-14(2)17-10-6-9-16(13-17)12-11-15-7-4-3-5-8-15/h3-14H,1-2H3/b12-11-. The number of benzene rings is 2. The van der Waals surface area contributed by atoms with Crippen molar-refractivity contribution in [2.24, 2.45) is 0 Å². The Morgan fingerprint density at radius 1 is 0.765 bits per heavy atom. The van der Waals surface area contributed by atoms with E-state index in [2.05, 4.69) is 74.5 Å². The molecule has 0 aliphatic rings. The van der Waals surface area contributed by atoms with E-state index in [9.17, 15) is 0 Å². The van der Waals surface area contributed by atoms with Crippen molar-refractivity contribution in [1.29, 1.82) is 0 Å². The summed E-state index contributed by atoms with van der Waals surface area (Å²) < 4.78 is 0. The molecule has 2 rings (SSSR count). The normalized spacial score (nSPS) is 11.2. The topological polar surface area (TPSA) is 0 Å². The van der Waals surface area contributed by atoms with E-state index in [0.717, 1.165) is 0 Å². The molecule has 0 radical (unpaired) electrons. The van der Waals surface area contributed by atoms with Crippen LogP contribution in [0.25, 0.3) is 12.2 Å². The molecule has 0 bridgehead atoms. The zero-order valence-corrected chi connectivity index (χ0v) is 10.4. The Bertz CT molecular complexity index is 492. The van der Waals surface area contributed by atoms with Gasteiger partial charge >= 0.3 is 0 Å². The van der Waals surface area contributed by atoms with Gasteiger partial charge in [0.25, 0.3) is 0 Å². The van der Waals surface area contributed by atoms with Crippen molar-refractivity contribution in [1.82, 2.24) is 0 Å². The molecule has 0 spiro atoms. The SMILES string of the molecule is CC(C)c1cccc(/C=C\c2ccccc2)c1. The average Bonchev–Trinajstić information content (AvgIpc) is 2.38. The summed E-state index contributed by atoms with van der Waals surface area (Å²) in [6.07, 6.45) is 4.32. The summed E-state index contributed by atoms with van der Waals surface area (Å²) in [5.41, 5.74) is 3.89. The summed E-state index contributed by atoms with van der Waals surface area (Å²) in [6, 6.07) is 19.1. The van der Waals surface area contributed by atoms with Gasteiger partial charge in [-0.1, -0.05) is 80.6 Å². The highest BCUT2D eigenvalue weighted by atomic mass is 14.0. The molecule has 2 aromatic rings. The van der Waals surface area contributed by atoms with Crippen LogP contribution in [0.3, 0.4) is 0 Å². The van der Waals surface area contributed by atoms with Crippen molar-refractivity contribution in [3.8, 4) is 0 Å². The van der Waals surface area contributed by atoms with E-state index in [0.29, 0.717) is 5.92 Å². The van der Waals surface area contributed by atoms with E-state index in [1.54, 1.807) is 0 Å². The van der Waals surface area contributed by atoms with Crippen LogP contribution >= 0.6 is 0 Å². The highest BCUT2D eigenvalue weighted by molar-refractivity contribution is 5.69. The summed E-state index contributed by atoms with van der Waals surface area (Å²) in [5.74, 6) is 0.583. The van der Waals surface area contributed by atoms with Crippen molar-refractivity contribution in [2.75, 3.05) is 0 Å². The molecular formula is C17H18. The number of hydrogen-bond donors (Lipinski definition) is 0. The summed E-state index contributed by atoms with van der Waals surface area (Å²) in [7, 11) is 0. The van der Waals surface area contributed by atoms with Gasteiger partial charge in [0, 0.05) is 0 Å². The van der Waals surface area contributed by atoms with Crippen molar-refractivity contribution in [3.05, 3.63) is 71.3 Å². The molecule has 0 amide bonds. The first-order chi connectivity index (χ1) is 8.25. The molecule has 0 saturated carbocycles. The predicted octanol–water partition coefficient (Wildman–Crippen LogP) is 4.98. The highest BCUT2D eigenvalue weighted by Gasteiger charge is 1.97. The first-order valence-corrected chi connectivity index (χ1v) is 6.09. The predicted molar refractivity (Wildman–Crippen MR) is 75.9 cm³/mol. The van der Waals surface area contributed by atoms with Gasteiger partial charge in [-0.3, -0.25) is 0 Å². The maximum atomic E-state index is 2.25. The Balaban J connectivity index is 2.19. The van der Waals surface area contributed by atoms with Gasteiger partial charge in [-0.05, 0) is 22.6 Å². The van der Waals surface area contributed by atoms with Crippen LogP contribution in [0.4, 0.5) is 0 Å². The third kappa shape index (κ3) is 3.32. The maximum Gasteiger partial charge on any atom is -0.0219 e. The van der Waals surface area contributed by atoms with E-state index in [1.165, 1.54) is 16.7 Å². The molecule has 0 saturated heterocycles. The van der Waals surface area contributed by atoms with Crippen LogP contribution in [0.15, 0.2) is 54.6 Å². The number of hydrogen-bond acceptors (Lipinski definition) is 0. The summed E-state index contributed by atoms with van der Waals surface area (Å²) in [5, 5.41) is 0. The number of rotatable bonds is 3. The second-order valence-corrected chi connectivity index (χ2v) is 4.57. The fourth-order valence-corrected chi connectivity index (χ4v) is 1.78. The van der Waals surface area contributed by atoms with Gasteiger partial charge in [0.15, 0.2) is 0 Å². The molecule has 0 unspecified atom stereocenters. The summed E-state index contributed by atoms with van der Waals surface area (Å²) in [6.45, 7) is 4.44. The van der Waals surface area contributed by atoms with Crippen LogP contribution in [0, 0.1) is 0 Å². The minimum absolute atomic E-state index is 0.583. The van der Waals surface area contributed by atoms with E-state index < -0.39 is 0 Å². The van der Waals surface area contributed by atoms with E-state index in [1.807, 2.05) is 6.07 Å². The van der Waals surface area contributed by atoms with Crippen LogP contribution in [0.1, 0.15) is 36.5 Å². The molecule has 2 aromatic carbocycles. The molecule has 0 heterocycles. The zero-order valence-electron chi connectivity index (χ0n) is 10.4. The lowest BCUT2D eigenvalue weighted by atomic mass is 10.0. The Hall–Kier alpha value is -1.82. The molecule has 0 heteroatoms. The minimum Gasteiger partial charge on any atom is -0.0622 e. The molecule has 86 valence electrons. The van der Waals surface area contributed by atoms with E-state index in [4.69, 9.17) is 0 Å². The first kappa shape index (κ1) is 11.7. The zero-order chi connectivity index (χ0) is 12.1. The quantitative estimate of drug-likeness (QED) is 0.642. The summed E-state index contributed by atoms with van der Waals surface area (Å²) in [4.78, 5) is 0. The van der Waals surface area contributed by atoms with Gasteiger partial charge in [0.2, 0.25) is 0 Å². The molecule has 0 aromatic heterocycles. The largest absolute Gasteiger partial charge is 0.0622 e. The van der Waals surface area contributed by atoms with Crippen LogP contribution in [0.5, 0.6) is 0 Å². The van der Waals surface area contributed by atoms with Gasteiger partial charge in [-0.25, -0.2) is 0 Å². The van der Waals surface area contributed by atoms with Crippen molar-refractivity contribution >= 4 is 12.2 Å². The lowest BCUT2D eigenvalue weighted by molar-refractivity contribution is 0.866. The fourth-order valence-electron chi connectivity index (χ4n) is 1.78. The van der Waals surface area contributed by atoms with Gasteiger partial charge in [0.05, 0.1) is 0 Å². The average molecular weight is 222 g/mol. The second kappa shape index (κ2) is 5.49. The molecular weight excluding hydrogens is 204 g/mol. The van der Waals surface area contributed by atoms with Gasteiger partial charge in [-0.2, -0.15) is 0 Å². The third-order valence-electron chi connectivity index (χ3n) is 2.85. The molecule has 0 atom stereocenters. The molecule has 0 aliphatic carbocycles. The van der Waals surface area contributed by atoms with Crippen LogP contribution in [-0.2, 0) is 0 Å². The van der Waals surface area contributed by atoms with Crippen LogP contribution < -0.4 is 0 Å². The summed E-state index contributed by atoms with van der Waals surface area (Å²) >= 11 is 0. The van der Waals surface area contributed by atoms with Gasteiger partial charge in [0.1, 0.15) is 0 Å². The van der Waals surface area contributed by atoms with Gasteiger partial charge < -0.3 is 0 Å². The second-order valence-electron chi connectivity index (χ2n) is 4.57. The van der Waals surface area contributed by atoms with Crippen molar-refractivity contribution in [2.45, 2.75) is 19.8 Å². The lowest BCUT2D eigenvalue weighted by Gasteiger charge is -2.05. The minimum atomic E-state index is 0.583. The molecule has 0 fully saturated rings. The lowest BCUT2D eigenvalue weighted by Crippen LogP contribution is -1.86. The first-order valence-electron chi connectivity index (χ1n) is 6.09. The smallest absolute Gasteiger partial charge is 0.0219 e. The molecule has 0 nitrogen and oxygen atoms in total. The third-order valence-corrected chi connectivity index (χ3v) is 2.85. The Morgan fingerprint density at radius 3 is 2.12 bits per heavy atom.